The summed E-state index contributed by atoms with van der Waals surface area (Å²) in [7, 11) is 0. The number of hydrogen-bond donors (Lipinski definition) is 0. The number of nitrogens with zero attached hydrogens (tertiary/aromatic N) is 3. The summed E-state index contributed by atoms with van der Waals surface area (Å²) in [6, 6.07) is 90.3. The van der Waals surface area contributed by atoms with Crippen LogP contribution in [0.1, 0.15) is 11.1 Å². The van der Waals surface area contributed by atoms with Crippen LogP contribution >= 0.6 is 39.1 Å². The molecule has 0 N–H and O–H groups in total. The van der Waals surface area contributed by atoms with Gasteiger partial charge in [0.2, 0.25) is 0 Å². The van der Waals surface area contributed by atoms with Crippen LogP contribution < -0.4 is 14.7 Å². The topological polar surface area (TPSA) is 36.0 Å². The third-order valence-corrected chi connectivity index (χ3v) is 12.9. The highest BCUT2D eigenvalue weighted by atomic mass is 79.9. The molecule has 0 unspecified atom stereocenters. The molecule has 0 bridgehead atoms. The van der Waals surface area contributed by atoms with Crippen LogP contribution in [0.2, 0.25) is 10.0 Å². The highest BCUT2D eigenvalue weighted by Gasteiger charge is 2.22. The largest absolute Gasteiger partial charge is 0.462 e. The molecule has 2 aromatic heterocycles. The van der Waals surface area contributed by atoms with Crippen molar-refractivity contribution < 1.29 is 8.83 Å². The fourth-order valence-electron chi connectivity index (χ4n) is 8.80. The van der Waals surface area contributed by atoms with Crippen molar-refractivity contribution in [1.29, 1.82) is 0 Å². The van der Waals surface area contributed by atoms with Crippen molar-refractivity contribution in [1.82, 2.24) is 0 Å². The highest BCUT2D eigenvalue weighted by molar-refractivity contribution is 9.10. The lowest BCUT2D eigenvalue weighted by Gasteiger charge is -2.29. The molecule has 10 aromatic carbocycles. The van der Waals surface area contributed by atoms with Gasteiger partial charge < -0.3 is 23.5 Å². The molecule has 8 heteroatoms. The number of benzene rings is 10. The maximum Gasteiger partial charge on any atom is 0.136 e. The molecule has 0 saturated carbocycles. The van der Waals surface area contributed by atoms with E-state index in [1.54, 1.807) is 6.26 Å². The molecule has 2 heterocycles. The van der Waals surface area contributed by atoms with Gasteiger partial charge in [-0.15, -0.1) is 0 Å². The molecule has 0 saturated heterocycles. The van der Waals surface area contributed by atoms with E-state index in [0.29, 0.717) is 10.0 Å². The standard InChI is InChI=1S/C32H23ClN2O.C20H13BrClNO.C13H12/c33-24-20-28(34(25-12-4-1-5-13-25)26-14-6-2-7-15-26)22-29(21-24)35(27-16-8-3-9-17-27)31-23-36-32-19-11-10-18-30(31)32;21-14-10-15(22)12-17(11-14)23(16-6-2-1-3-7-16)19-13-24-20-9-5-4-8-18(19)20;1-3-7-12(8-4-1)11-13-9-5-2-6-10-13/h1-23H;1-13H;1-10H,11H2. The average molecular weight is 1050 g/mol. The summed E-state index contributed by atoms with van der Waals surface area (Å²) < 4.78 is 12.6. The molecule has 12 aromatic rings. The van der Waals surface area contributed by atoms with Crippen molar-refractivity contribution in [3.63, 3.8) is 0 Å². The van der Waals surface area contributed by atoms with Crippen molar-refractivity contribution in [3.8, 4) is 0 Å². The molecule has 0 atom stereocenters. The average Bonchev–Trinajstić information content (AvgIpc) is 4.06. The number of halogens is 3. The molecule has 0 spiro atoms. The van der Waals surface area contributed by atoms with E-state index in [4.69, 9.17) is 32.0 Å². The van der Waals surface area contributed by atoms with Gasteiger partial charge in [-0.1, -0.05) is 197 Å². The van der Waals surface area contributed by atoms with E-state index in [9.17, 15) is 0 Å². The van der Waals surface area contributed by atoms with Gasteiger partial charge in [0.1, 0.15) is 23.7 Å². The zero-order valence-electron chi connectivity index (χ0n) is 39.6. The highest BCUT2D eigenvalue weighted by Crippen LogP contribution is 2.45. The van der Waals surface area contributed by atoms with Gasteiger partial charge >= 0.3 is 0 Å². The van der Waals surface area contributed by atoms with Gasteiger partial charge in [-0.05, 0) is 127 Å². The van der Waals surface area contributed by atoms with E-state index in [-0.39, 0.29) is 0 Å². The molecule has 0 aliphatic rings. The third kappa shape index (κ3) is 11.8. The molecule has 5 nitrogen and oxygen atoms in total. The van der Waals surface area contributed by atoms with Gasteiger partial charge in [0.15, 0.2) is 0 Å². The van der Waals surface area contributed by atoms with Crippen LogP contribution in [0.3, 0.4) is 0 Å². The molecule has 0 aliphatic carbocycles. The van der Waals surface area contributed by atoms with Crippen LogP contribution in [-0.4, -0.2) is 0 Å². The summed E-state index contributed by atoms with van der Waals surface area (Å²) in [4.78, 5) is 6.55. The number of fused-ring (bicyclic) bond motifs is 2. The monoisotopic (exact) mass is 1050 g/mol. The van der Waals surface area contributed by atoms with Gasteiger partial charge in [0.05, 0.1) is 11.4 Å². The van der Waals surface area contributed by atoms with Gasteiger partial charge in [0.25, 0.3) is 0 Å². The van der Waals surface area contributed by atoms with Crippen molar-refractivity contribution in [3.05, 3.63) is 305 Å². The van der Waals surface area contributed by atoms with E-state index in [1.807, 2.05) is 146 Å². The lowest BCUT2D eigenvalue weighted by molar-refractivity contribution is 0.616. The Morgan fingerprint density at radius 2 is 0.630 bits per heavy atom. The number of para-hydroxylation sites is 6. The minimum absolute atomic E-state index is 0.646. The Balaban J connectivity index is 0.000000141. The number of hydrogen-bond acceptors (Lipinski definition) is 5. The molecule has 0 fully saturated rings. The number of anilines is 9. The normalized spacial score (nSPS) is 10.7. The molecular formula is C65H48BrCl2N3O2. The maximum atomic E-state index is 6.80. The van der Waals surface area contributed by atoms with Crippen LogP contribution in [0.4, 0.5) is 51.2 Å². The Hall–Kier alpha value is -8.26. The minimum Gasteiger partial charge on any atom is -0.462 e. The van der Waals surface area contributed by atoms with Crippen LogP contribution in [0.5, 0.6) is 0 Å². The second kappa shape index (κ2) is 23.3. The summed E-state index contributed by atoms with van der Waals surface area (Å²) in [5, 5.41) is 3.41. The molecule has 0 radical (unpaired) electrons. The summed E-state index contributed by atoms with van der Waals surface area (Å²) in [6.45, 7) is 0. The Kier molecular flexibility index (Phi) is 15.4. The SMILES string of the molecule is Clc1cc(Br)cc(N(c2ccccc2)c2coc3ccccc23)c1.Clc1cc(N(c2ccccc2)c2ccccc2)cc(N(c2ccccc2)c2coc3ccccc23)c1.c1ccc(Cc2ccccc2)cc1. The Morgan fingerprint density at radius 3 is 1.03 bits per heavy atom. The quantitative estimate of drug-likeness (QED) is 0.129. The van der Waals surface area contributed by atoms with E-state index in [0.717, 1.165) is 84.0 Å². The third-order valence-electron chi connectivity index (χ3n) is 12.0. The van der Waals surface area contributed by atoms with Crippen LogP contribution in [0.15, 0.2) is 293 Å². The first-order valence-electron chi connectivity index (χ1n) is 23.8. The van der Waals surface area contributed by atoms with Gasteiger partial charge in [-0.2, -0.15) is 0 Å². The van der Waals surface area contributed by atoms with Crippen LogP contribution in [-0.2, 0) is 6.42 Å². The van der Waals surface area contributed by atoms with Crippen molar-refractivity contribution in [2.45, 2.75) is 6.42 Å². The Morgan fingerprint density at radius 1 is 0.315 bits per heavy atom. The predicted molar refractivity (Wildman–Crippen MR) is 310 cm³/mol. The minimum atomic E-state index is 0.646. The van der Waals surface area contributed by atoms with Crippen molar-refractivity contribution >= 4 is 112 Å². The van der Waals surface area contributed by atoms with Crippen LogP contribution in [0.25, 0.3) is 21.9 Å². The summed E-state index contributed by atoms with van der Waals surface area (Å²) >= 11 is 16.6. The van der Waals surface area contributed by atoms with Gasteiger partial charge in [-0.25, -0.2) is 0 Å². The van der Waals surface area contributed by atoms with E-state index in [1.165, 1.54) is 11.1 Å². The zero-order valence-corrected chi connectivity index (χ0v) is 42.7. The molecular weight excluding hydrogens is 1010 g/mol. The molecule has 73 heavy (non-hydrogen) atoms. The van der Waals surface area contributed by atoms with E-state index >= 15 is 0 Å². The van der Waals surface area contributed by atoms with E-state index in [2.05, 4.69) is 158 Å². The van der Waals surface area contributed by atoms with Gasteiger partial charge in [0, 0.05) is 65.1 Å². The predicted octanol–water partition coefficient (Wildman–Crippen LogP) is 20.6. The fraction of sp³-hybridized carbons (Fsp3) is 0.0154. The fourth-order valence-corrected chi connectivity index (χ4v) is 9.86. The zero-order chi connectivity index (χ0) is 49.8. The van der Waals surface area contributed by atoms with Crippen LogP contribution in [0, 0.1) is 0 Å². The second-order valence-corrected chi connectivity index (χ2v) is 18.8. The lowest BCUT2D eigenvalue weighted by atomic mass is 10.1. The van der Waals surface area contributed by atoms with Crippen molar-refractivity contribution in [2.75, 3.05) is 14.7 Å². The summed E-state index contributed by atoms with van der Waals surface area (Å²) in [6.07, 6.45) is 4.62. The van der Waals surface area contributed by atoms with Crippen molar-refractivity contribution in [2.24, 2.45) is 0 Å². The second-order valence-electron chi connectivity index (χ2n) is 17.0. The first kappa shape index (κ1) is 48.4. The van der Waals surface area contributed by atoms with Gasteiger partial charge in [-0.3, -0.25) is 0 Å². The maximum absolute atomic E-state index is 6.80. The smallest absolute Gasteiger partial charge is 0.136 e. The van der Waals surface area contributed by atoms with E-state index < -0.39 is 0 Å². The molecule has 356 valence electrons. The summed E-state index contributed by atoms with van der Waals surface area (Å²) in [5.41, 5.74) is 13.4. The Labute approximate surface area is 444 Å². The molecule has 12 rings (SSSR count). The molecule has 0 amide bonds. The first-order chi connectivity index (χ1) is 35.9. The summed E-state index contributed by atoms with van der Waals surface area (Å²) in [5.74, 6) is 0. The number of furan rings is 2. The molecule has 0 aliphatic heterocycles. The Bertz CT molecular complexity index is 3560. The lowest BCUT2D eigenvalue weighted by Crippen LogP contribution is -2.13. The number of rotatable bonds is 11. The first-order valence-corrected chi connectivity index (χ1v) is 25.4.